The summed E-state index contributed by atoms with van der Waals surface area (Å²) < 4.78 is 71.4. The number of benzene rings is 1. The minimum atomic E-state index is -4.66. The van der Waals surface area contributed by atoms with Crippen molar-refractivity contribution in [3.63, 3.8) is 0 Å². The average molecular weight is 328 g/mol. The fourth-order valence-corrected chi connectivity index (χ4v) is 2.92. The first-order chi connectivity index (χ1) is 9.52. The highest BCUT2D eigenvalue weighted by molar-refractivity contribution is 7.89. The number of sulfonamides is 1. The van der Waals surface area contributed by atoms with E-state index < -0.39 is 27.6 Å². The monoisotopic (exact) mass is 328 g/mol. The van der Waals surface area contributed by atoms with E-state index in [1.54, 1.807) is 0 Å². The number of hydrogen-bond donors (Lipinski definition) is 1. The summed E-state index contributed by atoms with van der Waals surface area (Å²) in [6.07, 6.45) is -4.66. The lowest BCUT2D eigenvalue weighted by Gasteiger charge is -2.21. The smallest absolute Gasteiger partial charge is 0.402 e. The van der Waals surface area contributed by atoms with Gasteiger partial charge in [0.1, 0.15) is 22.9 Å². The number of nitrogens with two attached hydrogens (primary N) is 1. The molecule has 0 aliphatic carbocycles. The molecule has 1 aromatic carbocycles. The van der Waals surface area contributed by atoms with E-state index in [4.69, 9.17) is 15.2 Å². The highest BCUT2D eigenvalue weighted by Crippen LogP contribution is 2.35. The maximum atomic E-state index is 12.4. The molecule has 0 radical (unpaired) electrons. The van der Waals surface area contributed by atoms with E-state index in [-0.39, 0.29) is 21.5 Å². The molecule has 1 aromatic rings. The number of nitrogens with zero attached hydrogens (tertiary/aromatic N) is 1. The molecule has 0 saturated carbocycles. The van der Waals surface area contributed by atoms with Crippen molar-refractivity contribution in [2.45, 2.75) is 11.1 Å². The molecule has 0 fully saturated rings. The third-order valence-corrected chi connectivity index (χ3v) is 4.43. The Hall–Kier alpha value is -1.68. The van der Waals surface area contributed by atoms with Gasteiger partial charge in [0.2, 0.25) is 10.0 Å². The number of anilines is 1. The van der Waals surface area contributed by atoms with Crippen LogP contribution in [0.4, 0.5) is 18.9 Å². The minimum absolute atomic E-state index is 0.0303. The van der Waals surface area contributed by atoms with Crippen molar-refractivity contribution in [2.24, 2.45) is 0 Å². The van der Waals surface area contributed by atoms with E-state index in [9.17, 15) is 21.6 Å². The van der Waals surface area contributed by atoms with Gasteiger partial charge in [-0.25, -0.2) is 8.42 Å². The van der Waals surface area contributed by atoms with Gasteiger partial charge >= 0.3 is 6.18 Å². The molecule has 0 heterocycles. The number of methoxy groups -OCH3 is 2. The van der Waals surface area contributed by atoms with E-state index in [2.05, 4.69) is 0 Å². The molecule has 0 atom stereocenters. The third-order valence-electron chi connectivity index (χ3n) is 2.61. The normalized spacial score (nSPS) is 12.5. The van der Waals surface area contributed by atoms with E-state index in [1.807, 2.05) is 0 Å². The van der Waals surface area contributed by atoms with Gasteiger partial charge in [0, 0.05) is 13.1 Å². The van der Waals surface area contributed by atoms with Gasteiger partial charge in [0.15, 0.2) is 0 Å². The first kappa shape index (κ1) is 17.4. The lowest BCUT2D eigenvalue weighted by Crippen LogP contribution is -2.36. The summed E-state index contributed by atoms with van der Waals surface area (Å²) in [4.78, 5) is -0.463. The quantitative estimate of drug-likeness (QED) is 0.828. The Labute approximate surface area is 120 Å². The van der Waals surface area contributed by atoms with Crippen LogP contribution in [0.25, 0.3) is 0 Å². The Morgan fingerprint density at radius 3 is 2.14 bits per heavy atom. The lowest BCUT2D eigenvalue weighted by molar-refractivity contribution is -0.134. The molecule has 0 spiro atoms. The molecule has 2 N–H and O–H groups in total. The van der Waals surface area contributed by atoms with Crippen LogP contribution >= 0.6 is 0 Å². The lowest BCUT2D eigenvalue weighted by atomic mass is 10.3. The number of halogens is 3. The Kier molecular flexibility index (Phi) is 4.95. The largest absolute Gasteiger partial charge is 0.495 e. The maximum absolute atomic E-state index is 12.4. The van der Waals surface area contributed by atoms with Crippen molar-refractivity contribution in [1.82, 2.24) is 4.31 Å². The zero-order valence-corrected chi connectivity index (χ0v) is 12.4. The van der Waals surface area contributed by atoms with Gasteiger partial charge in [-0.05, 0) is 6.07 Å². The van der Waals surface area contributed by atoms with Crippen molar-refractivity contribution in [3.8, 4) is 11.5 Å². The van der Waals surface area contributed by atoms with Crippen LogP contribution < -0.4 is 15.2 Å². The fraction of sp³-hybridized carbons (Fsp3) is 0.455. The predicted molar refractivity (Wildman–Crippen MR) is 69.8 cm³/mol. The molecule has 0 amide bonds. The van der Waals surface area contributed by atoms with Gasteiger partial charge < -0.3 is 15.2 Å². The summed E-state index contributed by atoms with van der Waals surface area (Å²) in [7, 11) is -1.08. The molecule has 0 aliphatic rings. The van der Waals surface area contributed by atoms with Crippen molar-refractivity contribution in [2.75, 3.05) is 33.5 Å². The van der Waals surface area contributed by atoms with Crippen LogP contribution in [0.3, 0.4) is 0 Å². The Balaban J connectivity index is 3.34. The van der Waals surface area contributed by atoms with Gasteiger partial charge in [0.05, 0.1) is 19.9 Å². The Morgan fingerprint density at radius 1 is 1.19 bits per heavy atom. The van der Waals surface area contributed by atoms with Crippen LogP contribution in [0.5, 0.6) is 11.5 Å². The second-order valence-electron chi connectivity index (χ2n) is 4.12. The fourth-order valence-electron chi connectivity index (χ4n) is 1.60. The van der Waals surface area contributed by atoms with Crippen molar-refractivity contribution >= 4 is 15.7 Å². The summed E-state index contributed by atoms with van der Waals surface area (Å²) >= 11 is 0. The maximum Gasteiger partial charge on any atom is 0.402 e. The van der Waals surface area contributed by atoms with Gasteiger partial charge in [-0.1, -0.05) is 0 Å². The summed E-state index contributed by atoms with van der Waals surface area (Å²) in [6, 6.07) is 2.20. The average Bonchev–Trinajstić information content (AvgIpc) is 2.36. The van der Waals surface area contributed by atoms with Gasteiger partial charge in [0.25, 0.3) is 0 Å². The number of alkyl halides is 3. The molecular weight excluding hydrogens is 313 g/mol. The van der Waals surface area contributed by atoms with Crippen LogP contribution in [0.2, 0.25) is 0 Å². The molecular formula is C11H15F3N2O4S. The van der Waals surface area contributed by atoms with Gasteiger partial charge in [-0.3, -0.25) is 0 Å². The Morgan fingerprint density at radius 2 is 1.71 bits per heavy atom. The molecule has 0 bridgehead atoms. The number of hydrogen-bond acceptors (Lipinski definition) is 5. The molecule has 0 aliphatic heterocycles. The number of nitrogen functional groups attached to an aromatic ring is 1. The molecule has 10 heteroatoms. The highest BCUT2D eigenvalue weighted by atomic mass is 32.2. The Bertz CT molecular complexity index is 617. The van der Waals surface area contributed by atoms with Gasteiger partial charge in [-0.2, -0.15) is 17.5 Å². The van der Waals surface area contributed by atoms with E-state index in [0.29, 0.717) is 0 Å². The van der Waals surface area contributed by atoms with Crippen molar-refractivity contribution in [3.05, 3.63) is 12.1 Å². The predicted octanol–water partition coefficient (Wildman–Crippen LogP) is 1.47. The molecule has 21 heavy (non-hydrogen) atoms. The third kappa shape index (κ3) is 3.91. The van der Waals surface area contributed by atoms with Crippen LogP contribution in [0.1, 0.15) is 0 Å². The van der Waals surface area contributed by atoms with E-state index in [0.717, 1.165) is 13.1 Å². The molecule has 0 saturated heterocycles. The van der Waals surface area contributed by atoms with E-state index in [1.165, 1.54) is 20.3 Å². The molecule has 0 aromatic heterocycles. The number of rotatable bonds is 5. The molecule has 6 nitrogen and oxygen atoms in total. The van der Waals surface area contributed by atoms with Crippen LogP contribution in [-0.2, 0) is 10.0 Å². The van der Waals surface area contributed by atoms with Crippen LogP contribution in [0, 0.1) is 0 Å². The van der Waals surface area contributed by atoms with Crippen molar-refractivity contribution < 1.29 is 31.1 Å². The zero-order chi connectivity index (χ0) is 16.4. The second kappa shape index (κ2) is 5.98. The zero-order valence-electron chi connectivity index (χ0n) is 11.6. The summed E-state index contributed by atoms with van der Waals surface area (Å²) in [5.74, 6) is -0.000603. The van der Waals surface area contributed by atoms with Crippen LogP contribution in [0.15, 0.2) is 17.0 Å². The first-order valence-electron chi connectivity index (χ1n) is 5.57. The SMILES string of the molecule is COc1cc(OC)c(S(=O)(=O)N(C)CC(F)(F)F)cc1N. The van der Waals surface area contributed by atoms with Crippen molar-refractivity contribution in [1.29, 1.82) is 0 Å². The van der Waals surface area contributed by atoms with Crippen LogP contribution in [-0.4, -0.2) is 46.7 Å². The topological polar surface area (TPSA) is 81.9 Å². The van der Waals surface area contributed by atoms with E-state index >= 15 is 0 Å². The second-order valence-corrected chi connectivity index (χ2v) is 6.13. The summed E-state index contributed by atoms with van der Waals surface area (Å²) in [5.41, 5.74) is 5.56. The minimum Gasteiger partial charge on any atom is -0.495 e. The summed E-state index contributed by atoms with van der Waals surface area (Å²) in [5, 5.41) is 0. The molecule has 1 rings (SSSR count). The van der Waals surface area contributed by atoms with Gasteiger partial charge in [-0.15, -0.1) is 0 Å². The number of ether oxygens (including phenoxy) is 2. The molecule has 0 unspecified atom stereocenters. The standard InChI is InChI=1S/C11H15F3N2O4S/c1-16(6-11(12,13)14)21(17,18)10-4-7(15)8(19-2)5-9(10)20-3/h4-5H,6,15H2,1-3H3. The highest BCUT2D eigenvalue weighted by Gasteiger charge is 2.36. The summed E-state index contributed by atoms with van der Waals surface area (Å²) in [6.45, 7) is -1.62. The molecule has 120 valence electrons. The first-order valence-corrected chi connectivity index (χ1v) is 7.01.